The molecule has 0 aromatic heterocycles. The predicted octanol–water partition coefficient (Wildman–Crippen LogP) is 1.90. The second kappa shape index (κ2) is 5.16. The highest BCUT2D eigenvalue weighted by atomic mass is 79.9. The summed E-state index contributed by atoms with van der Waals surface area (Å²) in [6.07, 6.45) is 1.12. The summed E-state index contributed by atoms with van der Waals surface area (Å²) in [7, 11) is 0. The molecular weight excluding hydrogens is 284 g/mol. The summed E-state index contributed by atoms with van der Waals surface area (Å²) in [6, 6.07) is 7.46. The number of nitrogens with one attached hydrogen (secondary N) is 1. The lowest BCUT2D eigenvalue weighted by Crippen LogP contribution is -2.54. The average molecular weight is 299 g/mol. The van der Waals surface area contributed by atoms with Crippen LogP contribution in [0.3, 0.4) is 0 Å². The fourth-order valence-electron chi connectivity index (χ4n) is 1.78. The quantitative estimate of drug-likeness (QED) is 0.876. The van der Waals surface area contributed by atoms with E-state index < -0.39 is 5.54 Å². The Bertz CT molecular complexity index is 417. The number of carbonyl (C=O) groups excluding carboxylic acids is 1. The van der Waals surface area contributed by atoms with E-state index in [4.69, 9.17) is 10.5 Å². The molecular formula is C12H15BrN2O2. The van der Waals surface area contributed by atoms with Crippen LogP contribution in [0.5, 0.6) is 0 Å². The zero-order chi connectivity index (χ0) is 12.3. The smallest absolute Gasteiger partial charge is 0.244 e. The highest BCUT2D eigenvalue weighted by Gasteiger charge is 2.35. The molecule has 1 aromatic rings. The minimum atomic E-state index is -0.805. The lowest BCUT2D eigenvalue weighted by atomic mass is 9.90. The van der Waals surface area contributed by atoms with Gasteiger partial charge >= 0.3 is 0 Å². The third-order valence-corrected chi connectivity index (χ3v) is 3.41. The van der Waals surface area contributed by atoms with Crippen molar-refractivity contribution >= 4 is 27.5 Å². The van der Waals surface area contributed by atoms with Crippen LogP contribution in [0.15, 0.2) is 28.7 Å². The number of ether oxygens (including phenoxy) is 1. The Morgan fingerprint density at radius 2 is 2.12 bits per heavy atom. The summed E-state index contributed by atoms with van der Waals surface area (Å²) >= 11 is 3.36. The Balaban J connectivity index is 2.05. The third kappa shape index (κ3) is 3.06. The Kier molecular flexibility index (Phi) is 3.81. The molecule has 1 fully saturated rings. The number of carbonyl (C=O) groups is 1. The maximum atomic E-state index is 12.1. The van der Waals surface area contributed by atoms with Crippen LogP contribution in [0.25, 0.3) is 0 Å². The molecule has 0 atom stereocenters. The highest BCUT2D eigenvalue weighted by molar-refractivity contribution is 9.10. The molecule has 1 heterocycles. The fraction of sp³-hybridized carbons (Fsp3) is 0.417. The van der Waals surface area contributed by atoms with E-state index in [2.05, 4.69) is 21.2 Å². The average Bonchev–Trinajstić information content (AvgIpc) is 2.30. The normalized spacial score (nSPS) is 18.7. The van der Waals surface area contributed by atoms with Crippen molar-refractivity contribution in [1.82, 2.24) is 0 Å². The van der Waals surface area contributed by atoms with Crippen molar-refractivity contribution in [3.05, 3.63) is 28.7 Å². The number of rotatable bonds is 2. The van der Waals surface area contributed by atoms with Crippen molar-refractivity contribution in [3.8, 4) is 0 Å². The second-order valence-corrected chi connectivity index (χ2v) is 5.15. The van der Waals surface area contributed by atoms with Crippen molar-refractivity contribution in [1.29, 1.82) is 0 Å². The van der Waals surface area contributed by atoms with Gasteiger partial charge in [-0.05, 0) is 31.0 Å². The summed E-state index contributed by atoms with van der Waals surface area (Å²) in [4.78, 5) is 12.1. The van der Waals surface area contributed by atoms with E-state index in [1.54, 1.807) is 0 Å². The Morgan fingerprint density at radius 1 is 1.41 bits per heavy atom. The van der Waals surface area contributed by atoms with Gasteiger partial charge in [0.15, 0.2) is 0 Å². The molecule has 1 aromatic carbocycles. The lowest BCUT2D eigenvalue weighted by molar-refractivity contribution is -0.124. The molecule has 4 nitrogen and oxygen atoms in total. The van der Waals surface area contributed by atoms with Crippen LogP contribution in [-0.2, 0) is 9.53 Å². The zero-order valence-electron chi connectivity index (χ0n) is 9.41. The van der Waals surface area contributed by atoms with Crippen LogP contribution in [0.4, 0.5) is 5.69 Å². The lowest BCUT2D eigenvalue weighted by Gasteiger charge is -2.31. The van der Waals surface area contributed by atoms with Crippen LogP contribution < -0.4 is 11.1 Å². The molecule has 0 radical (unpaired) electrons. The van der Waals surface area contributed by atoms with E-state index in [0.29, 0.717) is 26.1 Å². The number of hydrogen-bond acceptors (Lipinski definition) is 3. The van der Waals surface area contributed by atoms with E-state index in [9.17, 15) is 4.79 Å². The van der Waals surface area contributed by atoms with Gasteiger partial charge in [-0.1, -0.05) is 22.0 Å². The molecule has 1 saturated heterocycles. The standard InChI is InChI=1S/C12H15BrN2O2/c13-9-2-1-3-10(8-9)15-11(16)12(14)4-6-17-7-5-12/h1-3,8H,4-7,14H2,(H,15,16). The number of amides is 1. The van der Waals surface area contributed by atoms with Gasteiger partial charge in [0.05, 0.1) is 0 Å². The number of nitrogens with two attached hydrogens (primary N) is 1. The van der Waals surface area contributed by atoms with Crippen molar-refractivity contribution in [2.75, 3.05) is 18.5 Å². The number of halogens is 1. The monoisotopic (exact) mass is 298 g/mol. The summed E-state index contributed by atoms with van der Waals surface area (Å²) in [6.45, 7) is 1.09. The van der Waals surface area contributed by atoms with Gasteiger partial charge in [-0.2, -0.15) is 0 Å². The maximum Gasteiger partial charge on any atom is 0.244 e. The van der Waals surface area contributed by atoms with E-state index in [0.717, 1.165) is 10.2 Å². The summed E-state index contributed by atoms with van der Waals surface area (Å²) in [5.74, 6) is -0.140. The van der Waals surface area contributed by atoms with Crippen molar-refractivity contribution in [2.24, 2.45) is 5.73 Å². The minimum absolute atomic E-state index is 0.140. The zero-order valence-corrected chi connectivity index (χ0v) is 11.0. The van der Waals surface area contributed by atoms with Crippen molar-refractivity contribution < 1.29 is 9.53 Å². The topological polar surface area (TPSA) is 64.4 Å². The van der Waals surface area contributed by atoms with Gasteiger partial charge in [0.25, 0.3) is 0 Å². The molecule has 1 aliphatic rings. The Morgan fingerprint density at radius 3 is 2.76 bits per heavy atom. The first kappa shape index (κ1) is 12.5. The van der Waals surface area contributed by atoms with Crippen LogP contribution >= 0.6 is 15.9 Å². The summed E-state index contributed by atoms with van der Waals surface area (Å²) in [5, 5.41) is 2.84. The van der Waals surface area contributed by atoms with E-state index >= 15 is 0 Å². The first-order valence-corrected chi connectivity index (χ1v) is 6.33. The molecule has 0 bridgehead atoms. The molecule has 1 amide bonds. The van der Waals surface area contributed by atoms with Crippen LogP contribution in [-0.4, -0.2) is 24.7 Å². The van der Waals surface area contributed by atoms with Gasteiger partial charge in [-0.15, -0.1) is 0 Å². The second-order valence-electron chi connectivity index (χ2n) is 4.23. The molecule has 0 spiro atoms. The van der Waals surface area contributed by atoms with Gasteiger partial charge in [0.2, 0.25) is 5.91 Å². The first-order chi connectivity index (χ1) is 8.10. The van der Waals surface area contributed by atoms with Gasteiger partial charge < -0.3 is 15.8 Å². The van der Waals surface area contributed by atoms with Crippen molar-refractivity contribution in [3.63, 3.8) is 0 Å². The molecule has 17 heavy (non-hydrogen) atoms. The predicted molar refractivity (Wildman–Crippen MR) is 69.7 cm³/mol. The SMILES string of the molecule is NC1(C(=O)Nc2cccc(Br)c2)CCOCC1. The van der Waals surface area contributed by atoms with Crippen LogP contribution in [0.1, 0.15) is 12.8 Å². The van der Waals surface area contributed by atoms with E-state index in [1.165, 1.54) is 0 Å². The molecule has 0 saturated carbocycles. The van der Waals surface area contributed by atoms with Gasteiger partial charge in [0, 0.05) is 23.4 Å². The Labute approximate surface area is 109 Å². The van der Waals surface area contributed by atoms with Gasteiger partial charge in [-0.3, -0.25) is 4.79 Å². The van der Waals surface area contributed by atoms with Crippen LogP contribution in [0.2, 0.25) is 0 Å². The maximum absolute atomic E-state index is 12.1. The van der Waals surface area contributed by atoms with E-state index in [1.807, 2.05) is 24.3 Å². The third-order valence-electron chi connectivity index (χ3n) is 2.92. The number of benzene rings is 1. The Hall–Kier alpha value is -0.910. The minimum Gasteiger partial charge on any atom is -0.381 e. The molecule has 1 aliphatic heterocycles. The highest BCUT2D eigenvalue weighted by Crippen LogP contribution is 2.21. The number of hydrogen-bond donors (Lipinski definition) is 2. The molecule has 5 heteroatoms. The largest absolute Gasteiger partial charge is 0.381 e. The summed E-state index contributed by atoms with van der Waals surface area (Å²) in [5.41, 5.74) is 6.03. The molecule has 0 aliphatic carbocycles. The summed E-state index contributed by atoms with van der Waals surface area (Å²) < 4.78 is 6.14. The first-order valence-electron chi connectivity index (χ1n) is 5.54. The number of anilines is 1. The molecule has 2 rings (SSSR count). The van der Waals surface area contributed by atoms with E-state index in [-0.39, 0.29) is 5.91 Å². The molecule has 92 valence electrons. The fourth-order valence-corrected chi connectivity index (χ4v) is 2.18. The van der Waals surface area contributed by atoms with Crippen LogP contribution in [0, 0.1) is 0 Å². The van der Waals surface area contributed by atoms with Gasteiger partial charge in [0.1, 0.15) is 5.54 Å². The molecule has 0 unspecified atom stereocenters. The van der Waals surface area contributed by atoms with Crippen molar-refractivity contribution in [2.45, 2.75) is 18.4 Å². The molecule has 3 N–H and O–H groups in total. The van der Waals surface area contributed by atoms with Gasteiger partial charge in [-0.25, -0.2) is 0 Å².